The minimum Gasteiger partial charge on any atom is -0.334 e. The molecule has 2 aliphatic heterocycles. The van der Waals surface area contributed by atoms with E-state index in [-0.39, 0.29) is 11.9 Å². The fourth-order valence-electron chi connectivity index (χ4n) is 4.49. The van der Waals surface area contributed by atoms with E-state index in [4.69, 9.17) is 0 Å². The van der Waals surface area contributed by atoms with E-state index in [2.05, 4.69) is 4.90 Å². The summed E-state index contributed by atoms with van der Waals surface area (Å²) in [5.74, 6) is -0.00938. The molecule has 0 aromatic heterocycles. The van der Waals surface area contributed by atoms with Gasteiger partial charge in [-0.2, -0.15) is 13.2 Å². The minimum atomic E-state index is -5.37. The molecule has 1 atom stereocenters. The molecule has 5 nitrogen and oxygen atoms in total. The molecular formula is C23H25F3N2O3S. The van der Waals surface area contributed by atoms with Gasteiger partial charge in [-0.1, -0.05) is 24.3 Å². The first-order chi connectivity index (χ1) is 15.2. The quantitative estimate of drug-likeness (QED) is 0.658. The molecule has 2 aromatic carbocycles. The number of sulfone groups is 1. The summed E-state index contributed by atoms with van der Waals surface area (Å²) in [5, 5.41) is 0. The Morgan fingerprint density at radius 1 is 0.875 bits per heavy atom. The summed E-state index contributed by atoms with van der Waals surface area (Å²) in [6.45, 7) is 3.85. The molecule has 2 fully saturated rings. The molecule has 0 aliphatic carbocycles. The fraction of sp³-hybridized carbons (Fsp3) is 0.435. The van der Waals surface area contributed by atoms with Crippen molar-refractivity contribution < 1.29 is 26.4 Å². The molecule has 172 valence electrons. The molecule has 0 saturated carbocycles. The number of hydrogen-bond donors (Lipinski definition) is 0. The van der Waals surface area contributed by atoms with Gasteiger partial charge in [-0.05, 0) is 74.2 Å². The standard InChI is InChI=1S/C23H25F3N2O3S/c24-23(25,26)32(30,31)21-11-9-18(10-12-21)17-5-7-19(8-6-17)22(29)28-15-3-4-20(28)16-27-13-1-2-14-27/h5-12,20H,1-4,13-16H2. The number of likely N-dealkylation sites (tertiary alicyclic amines) is 2. The van der Waals surface area contributed by atoms with E-state index in [9.17, 15) is 26.4 Å². The third-order valence-corrected chi connectivity index (χ3v) is 7.74. The van der Waals surface area contributed by atoms with E-state index < -0.39 is 20.2 Å². The summed E-state index contributed by atoms with van der Waals surface area (Å²) in [6, 6.07) is 11.7. The molecule has 9 heteroatoms. The minimum absolute atomic E-state index is 0.00938. The highest BCUT2D eigenvalue weighted by atomic mass is 32.2. The number of carbonyl (C=O) groups is 1. The molecule has 2 aromatic rings. The van der Waals surface area contributed by atoms with Crippen molar-refractivity contribution in [2.24, 2.45) is 0 Å². The van der Waals surface area contributed by atoms with Crippen LogP contribution in [0, 0.1) is 0 Å². The number of alkyl halides is 3. The van der Waals surface area contributed by atoms with Gasteiger partial charge in [-0.25, -0.2) is 8.42 Å². The van der Waals surface area contributed by atoms with Crippen LogP contribution >= 0.6 is 0 Å². The van der Waals surface area contributed by atoms with E-state index in [1.807, 2.05) is 4.90 Å². The molecule has 1 unspecified atom stereocenters. The van der Waals surface area contributed by atoms with Gasteiger partial charge >= 0.3 is 5.51 Å². The van der Waals surface area contributed by atoms with Crippen molar-refractivity contribution in [1.29, 1.82) is 0 Å². The maximum absolute atomic E-state index is 13.1. The lowest BCUT2D eigenvalue weighted by Crippen LogP contribution is -2.42. The number of halogens is 3. The topological polar surface area (TPSA) is 57.7 Å². The zero-order chi connectivity index (χ0) is 22.9. The van der Waals surface area contributed by atoms with Crippen molar-refractivity contribution >= 4 is 15.7 Å². The number of benzene rings is 2. The molecule has 32 heavy (non-hydrogen) atoms. The first-order valence-electron chi connectivity index (χ1n) is 10.7. The van der Waals surface area contributed by atoms with Gasteiger partial charge in [0, 0.05) is 24.7 Å². The lowest BCUT2D eigenvalue weighted by molar-refractivity contribution is -0.0436. The Kier molecular flexibility index (Phi) is 6.31. The van der Waals surface area contributed by atoms with Gasteiger partial charge in [-0.3, -0.25) is 4.79 Å². The predicted octanol–water partition coefficient (Wildman–Crippen LogP) is 4.35. The van der Waals surface area contributed by atoms with Gasteiger partial charge in [0.25, 0.3) is 15.7 Å². The first kappa shape index (κ1) is 22.8. The lowest BCUT2D eigenvalue weighted by atomic mass is 10.0. The summed E-state index contributed by atoms with van der Waals surface area (Å²) in [7, 11) is -5.37. The molecule has 4 rings (SSSR count). The molecule has 2 saturated heterocycles. The molecule has 0 spiro atoms. The molecule has 0 radical (unpaired) electrons. The molecule has 2 heterocycles. The summed E-state index contributed by atoms with van der Waals surface area (Å²) < 4.78 is 61.1. The van der Waals surface area contributed by atoms with Gasteiger partial charge in [-0.15, -0.1) is 0 Å². The lowest BCUT2D eigenvalue weighted by Gasteiger charge is -2.28. The van der Waals surface area contributed by atoms with Gasteiger partial charge in [0.05, 0.1) is 4.90 Å². The third-order valence-electron chi connectivity index (χ3n) is 6.24. The van der Waals surface area contributed by atoms with Crippen molar-refractivity contribution in [2.45, 2.75) is 42.1 Å². The highest BCUT2D eigenvalue weighted by Crippen LogP contribution is 2.31. The largest absolute Gasteiger partial charge is 0.501 e. The van der Waals surface area contributed by atoms with Crippen molar-refractivity contribution in [3.63, 3.8) is 0 Å². The van der Waals surface area contributed by atoms with Crippen LogP contribution in [0.25, 0.3) is 11.1 Å². The Morgan fingerprint density at radius 2 is 1.44 bits per heavy atom. The molecular weight excluding hydrogens is 441 g/mol. The van der Waals surface area contributed by atoms with E-state index in [0.717, 1.165) is 51.2 Å². The van der Waals surface area contributed by atoms with Crippen molar-refractivity contribution in [1.82, 2.24) is 9.80 Å². The van der Waals surface area contributed by atoms with Crippen molar-refractivity contribution in [3.05, 3.63) is 54.1 Å². The summed E-state index contributed by atoms with van der Waals surface area (Å²) in [5.41, 5.74) is -3.51. The van der Waals surface area contributed by atoms with Gasteiger partial charge < -0.3 is 9.80 Å². The van der Waals surface area contributed by atoms with E-state index >= 15 is 0 Å². The number of carbonyl (C=O) groups excluding carboxylic acids is 1. The van der Waals surface area contributed by atoms with Crippen LogP contribution in [0.15, 0.2) is 53.4 Å². The smallest absolute Gasteiger partial charge is 0.334 e. The number of nitrogens with zero attached hydrogens (tertiary/aromatic N) is 2. The molecule has 0 N–H and O–H groups in total. The Hall–Kier alpha value is -2.39. The first-order valence-corrected chi connectivity index (χ1v) is 12.2. The summed E-state index contributed by atoms with van der Waals surface area (Å²) in [6.07, 6.45) is 4.43. The average Bonchev–Trinajstić information content (AvgIpc) is 3.45. The normalized spacial score (nSPS) is 20.1. The zero-order valence-corrected chi connectivity index (χ0v) is 18.3. The van der Waals surface area contributed by atoms with Crippen LogP contribution in [-0.2, 0) is 9.84 Å². The maximum Gasteiger partial charge on any atom is 0.501 e. The monoisotopic (exact) mass is 466 g/mol. The van der Waals surface area contributed by atoms with Crippen molar-refractivity contribution in [2.75, 3.05) is 26.2 Å². The maximum atomic E-state index is 13.1. The molecule has 1 amide bonds. The fourth-order valence-corrected chi connectivity index (χ4v) is 5.25. The van der Waals surface area contributed by atoms with E-state index in [1.54, 1.807) is 24.3 Å². The Bertz CT molecular complexity index is 1060. The summed E-state index contributed by atoms with van der Waals surface area (Å²) >= 11 is 0. The second-order valence-electron chi connectivity index (χ2n) is 8.35. The van der Waals surface area contributed by atoms with Crippen LogP contribution in [0.5, 0.6) is 0 Å². The van der Waals surface area contributed by atoms with Crippen molar-refractivity contribution in [3.8, 4) is 11.1 Å². The molecule has 0 bridgehead atoms. The Labute approximate surface area is 185 Å². The zero-order valence-electron chi connectivity index (χ0n) is 17.5. The third kappa shape index (κ3) is 4.54. The average molecular weight is 467 g/mol. The van der Waals surface area contributed by atoms with Crippen LogP contribution in [0.4, 0.5) is 13.2 Å². The highest BCUT2D eigenvalue weighted by molar-refractivity contribution is 7.92. The van der Waals surface area contributed by atoms with Gasteiger partial charge in [0.1, 0.15) is 0 Å². The van der Waals surface area contributed by atoms with Crippen LogP contribution in [0.1, 0.15) is 36.0 Å². The molecule has 2 aliphatic rings. The Morgan fingerprint density at radius 3 is 2.00 bits per heavy atom. The predicted molar refractivity (Wildman–Crippen MR) is 115 cm³/mol. The highest BCUT2D eigenvalue weighted by Gasteiger charge is 2.46. The van der Waals surface area contributed by atoms with Gasteiger partial charge in [0.2, 0.25) is 0 Å². The van der Waals surface area contributed by atoms with Crippen LogP contribution < -0.4 is 0 Å². The van der Waals surface area contributed by atoms with E-state index in [0.29, 0.717) is 16.7 Å². The van der Waals surface area contributed by atoms with Crippen LogP contribution in [0.3, 0.4) is 0 Å². The number of rotatable bonds is 5. The number of hydrogen-bond acceptors (Lipinski definition) is 4. The second kappa shape index (κ2) is 8.86. The van der Waals surface area contributed by atoms with Gasteiger partial charge in [0.15, 0.2) is 0 Å². The number of amides is 1. The second-order valence-corrected chi connectivity index (χ2v) is 10.3. The summed E-state index contributed by atoms with van der Waals surface area (Å²) in [4.78, 5) is 16.6. The van der Waals surface area contributed by atoms with Crippen LogP contribution in [0.2, 0.25) is 0 Å². The SMILES string of the molecule is O=C(c1ccc(-c2ccc(S(=O)(=O)C(F)(F)F)cc2)cc1)N1CCCC1CN1CCCC1. The Balaban J connectivity index is 1.46. The van der Waals surface area contributed by atoms with E-state index in [1.165, 1.54) is 25.0 Å². The van der Waals surface area contributed by atoms with Crippen LogP contribution in [-0.4, -0.2) is 61.9 Å².